The zero-order valence-corrected chi connectivity index (χ0v) is 15.7. The molecule has 1 aliphatic rings. The molecule has 1 fully saturated rings. The molecular weight excluding hydrogens is 368 g/mol. The maximum Gasteiger partial charge on any atom is 0.226 e. The van der Waals surface area contributed by atoms with Gasteiger partial charge < -0.3 is 10.2 Å². The highest BCUT2D eigenvalue weighted by atomic mass is 79.9. The molecule has 0 bridgehead atoms. The lowest BCUT2D eigenvalue weighted by molar-refractivity contribution is 0.208. The summed E-state index contributed by atoms with van der Waals surface area (Å²) in [4.78, 5) is 17.5. The van der Waals surface area contributed by atoms with Gasteiger partial charge in [-0.15, -0.1) is 0 Å². The second-order valence-electron chi connectivity index (χ2n) is 6.37. The van der Waals surface area contributed by atoms with E-state index >= 15 is 0 Å². The van der Waals surface area contributed by atoms with E-state index < -0.39 is 0 Å². The Morgan fingerprint density at radius 1 is 1.38 bits per heavy atom. The van der Waals surface area contributed by atoms with Crippen molar-refractivity contribution in [2.75, 3.05) is 37.4 Å². The molecular formula is C17H23BrN6. The molecule has 0 amide bonds. The first-order valence-corrected chi connectivity index (χ1v) is 8.98. The molecule has 1 saturated heterocycles. The van der Waals surface area contributed by atoms with Crippen molar-refractivity contribution in [2.24, 2.45) is 0 Å². The van der Waals surface area contributed by atoms with Crippen LogP contribution < -0.4 is 10.2 Å². The van der Waals surface area contributed by atoms with Crippen molar-refractivity contribution in [1.82, 2.24) is 19.9 Å². The van der Waals surface area contributed by atoms with Gasteiger partial charge in [-0.2, -0.15) is 4.98 Å². The minimum absolute atomic E-state index is 0.406. The number of pyridine rings is 1. The average Bonchev–Trinajstić information content (AvgIpc) is 2.55. The van der Waals surface area contributed by atoms with Crippen molar-refractivity contribution in [3.8, 4) is 0 Å². The number of rotatable bonds is 5. The van der Waals surface area contributed by atoms with Gasteiger partial charge in [-0.25, -0.2) is 4.98 Å². The Hall–Kier alpha value is -1.73. The number of hydrogen-bond donors (Lipinski definition) is 1. The molecule has 0 aromatic carbocycles. The monoisotopic (exact) mass is 390 g/mol. The molecule has 2 aromatic rings. The quantitative estimate of drug-likeness (QED) is 0.846. The van der Waals surface area contributed by atoms with Gasteiger partial charge in [0, 0.05) is 56.3 Å². The van der Waals surface area contributed by atoms with Crippen LogP contribution in [0.25, 0.3) is 0 Å². The third-order valence-corrected chi connectivity index (χ3v) is 4.50. The molecule has 3 heterocycles. The smallest absolute Gasteiger partial charge is 0.226 e. The van der Waals surface area contributed by atoms with E-state index in [2.05, 4.69) is 47.2 Å². The third-order valence-electron chi connectivity index (χ3n) is 4.07. The Balaban J connectivity index is 1.60. The first-order chi connectivity index (χ1) is 11.6. The van der Waals surface area contributed by atoms with E-state index in [4.69, 9.17) is 0 Å². The zero-order chi connectivity index (χ0) is 16.9. The van der Waals surface area contributed by atoms with Crippen LogP contribution in [0.3, 0.4) is 0 Å². The summed E-state index contributed by atoms with van der Waals surface area (Å²) in [5, 5.41) is 3.56. The molecule has 2 aromatic heterocycles. The SMILES string of the molecule is CN(C)c1nccc(NC2CCCN(Cc3cncc(Br)c3)C2)n1. The van der Waals surface area contributed by atoms with Crippen LogP contribution in [-0.2, 0) is 6.54 Å². The van der Waals surface area contributed by atoms with Crippen molar-refractivity contribution in [3.05, 3.63) is 40.8 Å². The summed E-state index contributed by atoms with van der Waals surface area (Å²) in [5.41, 5.74) is 1.24. The van der Waals surface area contributed by atoms with Crippen LogP contribution in [0.2, 0.25) is 0 Å². The summed E-state index contributed by atoms with van der Waals surface area (Å²) in [6.07, 6.45) is 7.91. The van der Waals surface area contributed by atoms with Crippen molar-refractivity contribution >= 4 is 27.7 Å². The predicted octanol–water partition coefficient (Wildman–Crippen LogP) is 2.78. The molecule has 6 nitrogen and oxygen atoms in total. The lowest BCUT2D eigenvalue weighted by Crippen LogP contribution is -2.41. The van der Waals surface area contributed by atoms with Crippen molar-refractivity contribution < 1.29 is 0 Å². The van der Waals surface area contributed by atoms with E-state index in [0.717, 1.165) is 42.3 Å². The van der Waals surface area contributed by atoms with Gasteiger partial charge in [0.15, 0.2) is 0 Å². The second kappa shape index (κ2) is 7.90. The summed E-state index contributed by atoms with van der Waals surface area (Å²) in [7, 11) is 3.90. The molecule has 128 valence electrons. The lowest BCUT2D eigenvalue weighted by atomic mass is 10.1. The van der Waals surface area contributed by atoms with E-state index in [-0.39, 0.29) is 0 Å². The second-order valence-corrected chi connectivity index (χ2v) is 7.28. The fourth-order valence-corrected chi connectivity index (χ4v) is 3.38. The van der Waals surface area contributed by atoms with Gasteiger partial charge in [0.1, 0.15) is 5.82 Å². The summed E-state index contributed by atoms with van der Waals surface area (Å²) >= 11 is 3.49. The molecule has 0 radical (unpaired) electrons. The Kier molecular flexibility index (Phi) is 5.63. The van der Waals surface area contributed by atoms with E-state index in [0.29, 0.717) is 6.04 Å². The van der Waals surface area contributed by atoms with Crippen LogP contribution >= 0.6 is 15.9 Å². The van der Waals surface area contributed by atoms with Gasteiger partial charge >= 0.3 is 0 Å². The van der Waals surface area contributed by atoms with Gasteiger partial charge in [0.25, 0.3) is 0 Å². The van der Waals surface area contributed by atoms with Gasteiger partial charge in [0.2, 0.25) is 5.95 Å². The summed E-state index contributed by atoms with van der Waals surface area (Å²) in [6.45, 7) is 3.06. The molecule has 0 spiro atoms. The van der Waals surface area contributed by atoms with Crippen LogP contribution in [0.4, 0.5) is 11.8 Å². The number of nitrogens with zero attached hydrogens (tertiary/aromatic N) is 5. The highest BCUT2D eigenvalue weighted by Crippen LogP contribution is 2.18. The van der Waals surface area contributed by atoms with Crippen LogP contribution in [-0.4, -0.2) is 53.1 Å². The van der Waals surface area contributed by atoms with Crippen molar-refractivity contribution in [3.63, 3.8) is 0 Å². The molecule has 1 aliphatic heterocycles. The van der Waals surface area contributed by atoms with Crippen molar-refractivity contribution in [2.45, 2.75) is 25.4 Å². The minimum atomic E-state index is 0.406. The maximum atomic E-state index is 4.56. The number of aromatic nitrogens is 3. The first kappa shape index (κ1) is 17.1. The summed E-state index contributed by atoms with van der Waals surface area (Å²) < 4.78 is 1.03. The van der Waals surface area contributed by atoms with Crippen LogP contribution in [0.15, 0.2) is 35.2 Å². The predicted molar refractivity (Wildman–Crippen MR) is 100 cm³/mol. The Morgan fingerprint density at radius 3 is 3.04 bits per heavy atom. The zero-order valence-electron chi connectivity index (χ0n) is 14.1. The van der Waals surface area contributed by atoms with Crippen LogP contribution in [0.5, 0.6) is 0 Å². The molecule has 7 heteroatoms. The lowest BCUT2D eigenvalue weighted by Gasteiger charge is -2.33. The average molecular weight is 391 g/mol. The normalized spacial score (nSPS) is 18.4. The Morgan fingerprint density at radius 2 is 2.25 bits per heavy atom. The fourth-order valence-electron chi connectivity index (χ4n) is 2.97. The summed E-state index contributed by atoms with van der Waals surface area (Å²) in [6, 6.07) is 4.48. The Labute approximate surface area is 151 Å². The van der Waals surface area contributed by atoms with Gasteiger partial charge in [-0.3, -0.25) is 9.88 Å². The first-order valence-electron chi connectivity index (χ1n) is 8.19. The number of anilines is 2. The maximum absolute atomic E-state index is 4.56. The van der Waals surface area contributed by atoms with Gasteiger partial charge in [-0.1, -0.05) is 0 Å². The molecule has 1 unspecified atom stereocenters. The highest BCUT2D eigenvalue weighted by Gasteiger charge is 2.20. The topological polar surface area (TPSA) is 57.2 Å². The number of halogens is 1. The molecule has 1 N–H and O–H groups in total. The van der Waals surface area contributed by atoms with Gasteiger partial charge in [0.05, 0.1) is 0 Å². The Bertz CT molecular complexity index is 678. The molecule has 0 aliphatic carbocycles. The van der Waals surface area contributed by atoms with E-state index in [1.54, 1.807) is 6.20 Å². The molecule has 0 saturated carbocycles. The van der Waals surface area contributed by atoms with E-state index in [1.165, 1.54) is 12.0 Å². The van der Waals surface area contributed by atoms with E-state index in [1.807, 2.05) is 37.5 Å². The summed E-state index contributed by atoms with van der Waals surface area (Å²) in [5.74, 6) is 1.62. The third kappa shape index (κ3) is 4.64. The molecule has 3 rings (SSSR count). The van der Waals surface area contributed by atoms with Crippen LogP contribution in [0.1, 0.15) is 18.4 Å². The number of piperidine rings is 1. The van der Waals surface area contributed by atoms with E-state index in [9.17, 15) is 0 Å². The molecule has 24 heavy (non-hydrogen) atoms. The minimum Gasteiger partial charge on any atom is -0.366 e. The van der Waals surface area contributed by atoms with Crippen molar-refractivity contribution in [1.29, 1.82) is 0 Å². The fraction of sp³-hybridized carbons (Fsp3) is 0.471. The highest BCUT2D eigenvalue weighted by molar-refractivity contribution is 9.10. The number of hydrogen-bond acceptors (Lipinski definition) is 6. The number of likely N-dealkylation sites (tertiary alicyclic amines) is 1. The largest absolute Gasteiger partial charge is 0.366 e. The standard InChI is InChI=1S/C17H23BrN6/c1-23(2)17-20-6-5-16(22-17)21-15-4-3-7-24(12-15)11-13-8-14(18)10-19-9-13/h5-6,8-10,15H,3-4,7,11-12H2,1-2H3,(H,20,21,22). The number of nitrogens with one attached hydrogen (secondary N) is 1. The van der Waals surface area contributed by atoms with Gasteiger partial charge in [-0.05, 0) is 53.0 Å². The van der Waals surface area contributed by atoms with Crippen LogP contribution in [0, 0.1) is 0 Å². The molecule has 1 atom stereocenters.